The van der Waals surface area contributed by atoms with E-state index in [9.17, 15) is 0 Å². The monoisotopic (exact) mass is 229 g/mol. The number of para-hydroxylation sites is 2. The average molecular weight is 230 g/mol. The lowest BCUT2D eigenvalue weighted by Gasteiger charge is -2.00. The van der Waals surface area contributed by atoms with Gasteiger partial charge >= 0.3 is 0 Å². The number of ether oxygens (including phenoxy) is 1. The largest absolute Gasteiger partial charge is 0.462 e. The molecular formula is C13H8ClNO. The van der Waals surface area contributed by atoms with E-state index in [1.165, 1.54) is 0 Å². The van der Waals surface area contributed by atoms with Crippen LogP contribution in [0.15, 0.2) is 47.5 Å². The van der Waals surface area contributed by atoms with Gasteiger partial charge in [0.2, 0.25) is 0 Å². The van der Waals surface area contributed by atoms with Gasteiger partial charge in [0.05, 0.1) is 5.36 Å². The first kappa shape index (κ1) is 9.43. The van der Waals surface area contributed by atoms with Crippen molar-refractivity contribution in [3.8, 4) is 5.75 Å². The lowest BCUT2D eigenvalue weighted by atomic mass is 10.3. The maximum absolute atomic E-state index is 5.94. The van der Waals surface area contributed by atoms with Crippen LogP contribution in [0.3, 0.4) is 0 Å². The predicted octanol–water partition coefficient (Wildman–Crippen LogP) is 2.42. The Balaban J connectivity index is 2.35. The fraction of sp³-hybridized carbons (Fsp3) is 0. The van der Waals surface area contributed by atoms with Gasteiger partial charge in [-0.3, -0.25) is 0 Å². The Bertz CT molecular complexity index is 664. The van der Waals surface area contributed by atoms with Crippen LogP contribution in [0.4, 0.5) is 5.69 Å². The standard InChI is InChI=1S/C13H8ClNO/c14-10-6-5-9-8-16-13-4-2-1-3-11(13)15-12(9)7-10/h1-8H. The van der Waals surface area contributed by atoms with E-state index < -0.39 is 0 Å². The van der Waals surface area contributed by atoms with Crippen LogP contribution in [0.2, 0.25) is 5.02 Å². The molecule has 1 aliphatic rings. The van der Waals surface area contributed by atoms with Crippen LogP contribution < -0.4 is 15.3 Å². The van der Waals surface area contributed by atoms with Crippen molar-refractivity contribution >= 4 is 23.6 Å². The molecule has 0 aromatic heterocycles. The molecule has 0 fully saturated rings. The molecule has 3 rings (SSSR count). The average Bonchev–Trinajstić information content (AvgIpc) is 2.47. The Morgan fingerprint density at radius 2 is 1.94 bits per heavy atom. The molecule has 0 saturated carbocycles. The van der Waals surface area contributed by atoms with E-state index in [4.69, 9.17) is 16.3 Å². The summed E-state index contributed by atoms with van der Waals surface area (Å²) in [5.41, 5.74) is 0.819. The summed E-state index contributed by atoms with van der Waals surface area (Å²) < 4.78 is 5.55. The van der Waals surface area contributed by atoms with Crippen molar-refractivity contribution in [1.82, 2.24) is 0 Å². The molecule has 2 nitrogen and oxygen atoms in total. The van der Waals surface area contributed by atoms with Crippen LogP contribution in [0.25, 0.3) is 6.26 Å². The number of hydrogen-bond donors (Lipinski definition) is 0. The second kappa shape index (κ2) is 3.65. The van der Waals surface area contributed by atoms with Crippen LogP contribution in [0, 0.1) is 0 Å². The zero-order valence-corrected chi connectivity index (χ0v) is 9.11. The maximum atomic E-state index is 5.94. The van der Waals surface area contributed by atoms with Gasteiger partial charge in [0.15, 0.2) is 5.75 Å². The molecule has 1 aliphatic heterocycles. The minimum Gasteiger partial charge on any atom is -0.462 e. The quantitative estimate of drug-likeness (QED) is 0.680. The summed E-state index contributed by atoms with van der Waals surface area (Å²) >= 11 is 5.94. The van der Waals surface area contributed by atoms with Gasteiger partial charge in [-0.05, 0) is 30.3 Å². The first-order valence-electron chi connectivity index (χ1n) is 4.93. The third-order valence-corrected chi connectivity index (χ3v) is 2.65. The number of nitrogens with zero attached hydrogens (tertiary/aromatic N) is 1. The highest BCUT2D eigenvalue weighted by Gasteiger charge is 2.03. The Hall–Kier alpha value is -1.80. The number of fused-ring (bicyclic) bond motifs is 2. The lowest BCUT2D eigenvalue weighted by Crippen LogP contribution is -2.23. The van der Waals surface area contributed by atoms with E-state index >= 15 is 0 Å². The van der Waals surface area contributed by atoms with Gasteiger partial charge in [0, 0.05) is 10.2 Å². The van der Waals surface area contributed by atoms with Crippen LogP contribution in [0.5, 0.6) is 5.75 Å². The van der Waals surface area contributed by atoms with Gasteiger partial charge in [-0.25, -0.2) is 4.99 Å². The van der Waals surface area contributed by atoms with E-state index in [2.05, 4.69) is 4.99 Å². The molecule has 1 heterocycles. The molecule has 0 amide bonds. The second-order valence-corrected chi connectivity index (χ2v) is 3.95. The molecule has 3 heteroatoms. The van der Waals surface area contributed by atoms with Gasteiger partial charge in [-0.15, -0.1) is 0 Å². The van der Waals surface area contributed by atoms with Crippen molar-refractivity contribution in [2.75, 3.05) is 0 Å². The highest BCUT2D eigenvalue weighted by Crippen LogP contribution is 2.26. The van der Waals surface area contributed by atoms with Gasteiger partial charge in [0.1, 0.15) is 11.9 Å². The third kappa shape index (κ3) is 1.57. The van der Waals surface area contributed by atoms with Crippen LogP contribution in [0.1, 0.15) is 0 Å². The first-order chi connectivity index (χ1) is 7.83. The van der Waals surface area contributed by atoms with Gasteiger partial charge in [-0.1, -0.05) is 23.7 Å². The zero-order chi connectivity index (χ0) is 11.0. The Morgan fingerprint density at radius 3 is 2.88 bits per heavy atom. The van der Waals surface area contributed by atoms with Crippen molar-refractivity contribution in [1.29, 1.82) is 0 Å². The van der Waals surface area contributed by atoms with Crippen molar-refractivity contribution in [3.05, 3.63) is 58.1 Å². The number of rotatable bonds is 0. The van der Waals surface area contributed by atoms with Crippen molar-refractivity contribution in [2.45, 2.75) is 0 Å². The normalized spacial score (nSPS) is 12.3. The Labute approximate surface area is 97.5 Å². The molecule has 0 bridgehead atoms. The van der Waals surface area contributed by atoms with E-state index in [1.54, 1.807) is 6.26 Å². The summed E-state index contributed by atoms with van der Waals surface area (Å²) in [7, 11) is 0. The summed E-state index contributed by atoms with van der Waals surface area (Å²) in [6, 6.07) is 13.2. The van der Waals surface area contributed by atoms with Crippen molar-refractivity contribution in [3.63, 3.8) is 0 Å². The summed E-state index contributed by atoms with van der Waals surface area (Å²) in [6.45, 7) is 0. The molecule has 0 radical (unpaired) electrons. The molecule has 2 aromatic carbocycles. The van der Waals surface area contributed by atoms with Gasteiger partial charge in [0.25, 0.3) is 0 Å². The van der Waals surface area contributed by atoms with Crippen LogP contribution in [-0.4, -0.2) is 0 Å². The third-order valence-electron chi connectivity index (χ3n) is 2.41. The van der Waals surface area contributed by atoms with Crippen molar-refractivity contribution < 1.29 is 4.74 Å². The fourth-order valence-electron chi connectivity index (χ4n) is 1.62. The van der Waals surface area contributed by atoms with Crippen LogP contribution >= 0.6 is 11.6 Å². The minimum atomic E-state index is 0.676. The first-order valence-corrected chi connectivity index (χ1v) is 5.31. The molecule has 0 unspecified atom stereocenters. The summed E-state index contributed by atoms with van der Waals surface area (Å²) in [5.74, 6) is 0.759. The van der Waals surface area contributed by atoms with Gasteiger partial charge in [-0.2, -0.15) is 0 Å². The SMILES string of the molecule is Clc1ccc2c(c1)=Nc1ccccc1OC=2. The predicted molar refractivity (Wildman–Crippen MR) is 63.4 cm³/mol. The molecule has 2 aromatic rings. The highest BCUT2D eigenvalue weighted by molar-refractivity contribution is 6.30. The minimum absolute atomic E-state index is 0.676. The molecule has 16 heavy (non-hydrogen) atoms. The molecule has 0 atom stereocenters. The summed E-state index contributed by atoms with van der Waals surface area (Å²) in [6.07, 6.45) is 1.70. The molecule has 0 N–H and O–H groups in total. The topological polar surface area (TPSA) is 21.6 Å². The van der Waals surface area contributed by atoms with E-state index in [-0.39, 0.29) is 0 Å². The molecular weight excluding hydrogens is 222 g/mol. The molecule has 0 aliphatic carbocycles. The summed E-state index contributed by atoms with van der Waals surface area (Å²) in [4.78, 5) is 4.52. The Morgan fingerprint density at radius 1 is 1.06 bits per heavy atom. The maximum Gasteiger partial charge on any atom is 0.152 e. The highest BCUT2D eigenvalue weighted by atomic mass is 35.5. The van der Waals surface area contributed by atoms with Crippen molar-refractivity contribution in [2.24, 2.45) is 4.99 Å². The second-order valence-electron chi connectivity index (χ2n) is 3.52. The van der Waals surface area contributed by atoms with E-state index in [0.29, 0.717) is 5.02 Å². The summed E-state index contributed by atoms with van der Waals surface area (Å²) in [5, 5.41) is 2.44. The fourth-order valence-corrected chi connectivity index (χ4v) is 1.79. The number of halogens is 1. The van der Waals surface area contributed by atoms with Crippen LogP contribution in [-0.2, 0) is 0 Å². The van der Waals surface area contributed by atoms with E-state index in [1.807, 2.05) is 42.5 Å². The zero-order valence-electron chi connectivity index (χ0n) is 8.35. The molecule has 0 saturated heterocycles. The smallest absolute Gasteiger partial charge is 0.152 e. The molecule has 78 valence electrons. The van der Waals surface area contributed by atoms with E-state index in [0.717, 1.165) is 22.0 Å². The number of benzene rings is 2. The number of hydrogen-bond acceptors (Lipinski definition) is 2. The molecule has 0 spiro atoms. The lowest BCUT2D eigenvalue weighted by molar-refractivity contribution is 0.543. The van der Waals surface area contributed by atoms with Gasteiger partial charge < -0.3 is 4.74 Å². The Kier molecular flexibility index (Phi) is 2.15.